The van der Waals surface area contributed by atoms with Crippen molar-refractivity contribution in [3.63, 3.8) is 0 Å². The number of nitrogens with one attached hydrogen (secondary N) is 1. The molecule has 0 aliphatic heterocycles. The fourth-order valence-electron chi connectivity index (χ4n) is 2.70. The fourth-order valence-corrected chi connectivity index (χ4v) is 4.60. The van der Waals surface area contributed by atoms with E-state index in [2.05, 4.69) is 9.97 Å². The van der Waals surface area contributed by atoms with E-state index in [9.17, 15) is 4.79 Å². The van der Waals surface area contributed by atoms with Gasteiger partial charge in [0.1, 0.15) is 10.7 Å². The average Bonchev–Trinajstić information content (AvgIpc) is 3.05. The molecule has 0 unspecified atom stereocenters. The lowest BCUT2D eigenvalue weighted by Crippen LogP contribution is -2.10. The molecule has 19 heavy (non-hydrogen) atoms. The van der Waals surface area contributed by atoms with Gasteiger partial charge in [-0.25, -0.2) is 4.98 Å². The molecular weight excluding hydrogens is 276 g/mol. The summed E-state index contributed by atoms with van der Waals surface area (Å²) < 4.78 is 0. The molecule has 0 bridgehead atoms. The summed E-state index contributed by atoms with van der Waals surface area (Å²) in [4.78, 5) is 22.2. The van der Waals surface area contributed by atoms with Gasteiger partial charge in [0.15, 0.2) is 0 Å². The molecule has 96 valence electrons. The molecule has 0 aromatic carbocycles. The van der Waals surface area contributed by atoms with Crippen molar-refractivity contribution in [3.05, 3.63) is 37.6 Å². The summed E-state index contributed by atoms with van der Waals surface area (Å²) in [5.41, 5.74) is 2.26. The maximum absolute atomic E-state index is 12.3. The van der Waals surface area contributed by atoms with Gasteiger partial charge in [0.25, 0.3) is 5.56 Å². The Labute approximate surface area is 118 Å². The Kier molecular flexibility index (Phi) is 2.56. The average molecular weight is 288 g/mol. The standard InChI is InChI=1S/C14H12N2OS2/c17-13-11-9-3-1-2-4-10(9)19-14(11)16-12(15-13)8-5-6-18-7-8/h5-7H,1-4H2,(H,15,16,17). The van der Waals surface area contributed by atoms with Crippen LogP contribution in [-0.2, 0) is 12.8 Å². The number of fused-ring (bicyclic) bond motifs is 3. The van der Waals surface area contributed by atoms with E-state index in [0.29, 0.717) is 5.82 Å². The first-order valence-electron chi connectivity index (χ1n) is 6.40. The molecule has 0 atom stereocenters. The van der Waals surface area contributed by atoms with Crippen molar-refractivity contribution in [1.82, 2.24) is 9.97 Å². The van der Waals surface area contributed by atoms with Crippen LogP contribution in [0.4, 0.5) is 0 Å². The predicted molar refractivity (Wildman–Crippen MR) is 80.2 cm³/mol. The van der Waals surface area contributed by atoms with Gasteiger partial charge in [0.05, 0.1) is 5.39 Å². The van der Waals surface area contributed by atoms with Crippen LogP contribution in [0.3, 0.4) is 0 Å². The van der Waals surface area contributed by atoms with E-state index in [0.717, 1.165) is 28.6 Å². The van der Waals surface area contributed by atoms with E-state index >= 15 is 0 Å². The SMILES string of the molecule is O=c1[nH]c(-c2ccsc2)nc2sc3c(c12)CCCC3. The predicted octanol–water partition coefficient (Wildman–Crippen LogP) is 3.59. The smallest absolute Gasteiger partial charge is 0.260 e. The summed E-state index contributed by atoms with van der Waals surface area (Å²) in [5.74, 6) is 0.692. The Morgan fingerprint density at radius 3 is 3.00 bits per heavy atom. The number of hydrogen-bond donors (Lipinski definition) is 1. The molecule has 3 heterocycles. The van der Waals surface area contributed by atoms with Crippen LogP contribution in [-0.4, -0.2) is 9.97 Å². The maximum Gasteiger partial charge on any atom is 0.260 e. The zero-order valence-corrected chi connectivity index (χ0v) is 11.9. The van der Waals surface area contributed by atoms with Crippen LogP contribution in [0, 0.1) is 0 Å². The Morgan fingerprint density at radius 1 is 1.26 bits per heavy atom. The monoisotopic (exact) mass is 288 g/mol. The third-order valence-corrected chi connectivity index (χ3v) is 5.49. The zero-order chi connectivity index (χ0) is 12.8. The van der Waals surface area contributed by atoms with Crippen LogP contribution in [0.1, 0.15) is 23.3 Å². The molecule has 3 aromatic rings. The van der Waals surface area contributed by atoms with E-state index < -0.39 is 0 Å². The molecule has 0 spiro atoms. The van der Waals surface area contributed by atoms with Gasteiger partial charge in [-0.3, -0.25) is 4.79 Å². The summed E-state index contributed by atoms with van der Waals surface area (Å²) in [6.45, 7) is 0. The summed E-state index contributed by atoms with van der Waals surface area (Å²) in [5, 5.41) is 4.84. The number of aromatic nitrogens is 2. The molecule has 0 saturated heterocycles. The molecule has 1 aliphatic carbocycles. The molecule has 1 N–H and O–H groups in total. The molecule has 4 rings (SSSR count). The molecule has 0 saturated carbocycles. The van der Waals surface area contributed by atoms with Gasteiger partial charge in [-0.15, -0.1) is 11.3 Å². The molecule has 0 amide bonds. The first-order chi connectivity index (χ1) is 9.33. The number of aromatic amines is 1. The van der Waals surface area contributed by atoms with Crippen LogP contribution in [0.5, 0.6) is 0 Å². The maximum atomic E-state index is 12.3. The topological polar surface area (TPSA) is 45.8 Å². The first kappa shape index (κ1) is 11.4. The lowest BCUT2D eigenvalue weighted by Gasteiger charge is -2.09. The quantitative estimate of drug-likeness (QED) is 0.743. The Balaban J connectivity index is 2.00. The summed E-state index contributed by atoms with van der Waals surface area (Å²) in [7, 11) is 0. The zero-order valence-electron chi connectivity index (χ0n) is 10.2. The number of nitrogens with zero attached hydrogens (tertiary/aromatic N) is 1. The van der Waals surface area contributed by atoms with Gasteiger partial charge < -0.3 is 4.98 Å². The number of aryl methyl sites for hydroxylation is 2. The molecule has 3 nitrogen and oxygen atoms in total. The van der Waals surface area contributed by atoms with Gasteiger partial charge in [0.2, 0.25) is 0 Å². The lowest BCUT2D eigenvalue weighted by atomic mass is 9.97. The largest absolute Gasteiger partial charge is 0.306 e. The van der Waals surface area contributed by atoms with Gasteiger partial charge in [-0.2, -0.15) is 11.3 Å². The minimum Gasteiger partial charge on any atom is -0.306 e. The normalized spacial score (nSPS) is 14.7. The summed E-state index contributed by atoms with van der Waals surface area (Å²) >= 11 is 3.31. The van der Waals surface area contributed by atoms with Gasteiger partial charge in [0, 0.05) is 15.8 Å². The minimum absolute atomic E-state index is 0.0191. The van der Waals surface area contributed by atoms with Crippen molar-refractivity contribution in [3.8, 4) is 11.4 Å². The van der Waals surface area contributed by atoms with E-state index in [1.165, 1.54) is 23.3 Å². The highest BCUT2D eigenvalue weighted by Crippen LogP contribution is 2.34. The number of thiophene rings is 2. The Bertz CT molecular complexity index is 799. The lowest BCUT2D eigenvalue weighted by molar-refractivity contribution is 0.700. The van der Waals surface area contributed by atoms with E-state index in [1.807, 2.05) is 16.8 Å². The van der Waals surface area contributed by atoms with Crippen molar-refractivity contribution in [2.75, 3.05) is 0 Å². The van der Waals surface area contributed by atoms with Crippen LogP contribution < -0.4 is 5.56 Å². The Morgan fingerprint density at radius 2 is 2.16 bits per heavy atom. The summed E-state index contributed by atoms with van der Waals surface area (Å²) in [6.07, 6.45) is 4.54. The highest BCUT2D eigenvalue weighted by molar-refractivity contribution is 7.18. The minimum atomic E-state index is 0.0191. The van der Waals surface area contributed by atoms with Crippen molar-refractivity contribution < 1.29 is 0 Å². The third-order valence-electron chi connectivity index (χ3n) is 3.62. The van der Waals surface area contributed by atoms with Gasteiger partial charge in [-0.1, -0.05) is 0 Å². The van der Waals surface area contributed by atoms with Crippen LogP contribution in [0.25, 0.3) is 21.6 Å². The second-order valence-corrected chi connectivity index (χ2v) is 6.68. The third kappa shape index (κ3) is 1.76. The van der Waals surface area contributed by atoms with E-state index in [4.69, 9.17) is 0 Å². The molecular formula is C14H12N2OS2. The molecule has 0 fully saturated rings. The first-order valence-corrected chi connectivity index (χ1v) is 8.16. The van der Waals surface area contributed by atoms with E-state index in [1.54, 1.807) is 22.7 Å². The van der Waals surface area contributed by atoms with Crippen molar-refractivity contribution in [2.24, 2.45) is 0 Å². The molecule has 5 heteroatoms. The number of rotatable bonds is 1. The van der Waals surface area contributed by atoms with Crippen molar-refractivity contribution >= 4 is 32.9 Å². The van der Waals surface area contributed by atoms with Crippen LogP contribution in [0.15, 0.2) is 21.6 Å². The molecule has 1 aliphatic rings. The van der Waals surface area contributed by atoms with Crippen LogP contribution in [0.2, 0.25) is 0 Å². The van der Waals surface area contributed by atoms with Crippen molar-refractivity contribution in [2.45, 2.75) is 25.7 Å². The second-order valence-electron chi connectivity index (χ2n) is 4.82. The van der Waals surface area contributed by atoms with Crippen molar-refractivity contribution in [1.29, 1.82) is 0 Å². The highest BCUT2D eigenvalue weighted by atomic mass is 32.1. The van der Waals surface area contributed by atoms with Gasteiger partial charge in [-0.05, 0) is 42.7 Å². The second kappa shape index (κ2) is 4.28. The van der Waals surface area contributed by atoms with Crippen LogP contribution >= 0.6 is 22.7 Å². The highest BCUT2D eigenvalue weighted by Gasteiger charge is 2.19. The number of H-pyrrole nitrogens is 1. The van der Waals surface area contributed by atoms with Gasteiger partial charge >= 0.3 is 0 Å². The summed E-state index contributed by atoms with van der Waals surface area (Å²) in [6, 6.07) is 1.99. The number of hydrogen-bond acceptors (Lipinski definition) is 4. The fraction of sp³-hybridized carbons (Fsp3) is 0.286. The molecule has 0 radical (unpaired) electrons. The Hall–Kier alpha value is -1.46. The van der Waals surface area contributed by atoms with E-state index in [-0.39, 0.29) is 5.56 Å². The molecule has 3 aromatic heterocycles.